The van der Waals surface area contributed by atoms with Crippen molar-refractivity contribution in [2.75, 3.05) is 20.3 Å². The van der Waals surface area contributed by atoms with Crippen LogP contribution in [0.1, 0.15) is 51.5 Å². The van der Waals surface area contributed by atoms with Crippen LogP contribution < -0.4 is 4.74 Å². The Balaban J connectivity index is 1.73. The van der Waals surface area contributed by atoms with Crippen molar-refractivity contribution in [3.63, 3.8) is 0 Å². The Morgan fingerprint density at radius 1 is 1.11 bits per heavy atom. The van der Waals surface area contributed by atoms with Crippen LogP contribution in [0, 0.1) is 5.41 Å². The summed E-state index contributed by atoms with van der Waals surface area (Å²) in [6.45, 7) is 6.68. The second-order valence-corrected chi connectivity index (χ2v) is 8.07. The number of methoxy groups -OCH3 is 1. The Bertz CT molecular complexity index is 698. The first-order valence-corrected chi connectivity index (χ1v) is 10.5. The van der Waals surface area contributed by atoms with Gasteiger partial charge in [-0.2, -0.15) is 0 Å². The largest absolute Gasteiger partial charge is 0.497 e. The fraction of sp³-hybridized carbons (Fsp3) is 0.609. The van der Waals surface area contributed by atoms with Crippen LogP contribution in [0.3, 0.4) is 0 Å². The molecule has 0 aliphatic carbocycles. The Hall–Kier alpha value is -1.85. The van der Waals surface area contributed by atoms with Gasteiger partial charge in [-0.25, -0.2) is 4.98 Å². The molecule has 0 N–H and O–H groups in total. The van der Waals surface area contributed by atoms with E-state index < -0.39 is 5.79 Å². The molecule has 154 valence electrons. The molecule has 0 amide bonds. The second-order valence-electron chi connectivity index (χ2n) is 8.07. The third-order valence-corrected chi connectivity index (χ3v) is 5.75. The highest BCUT2D eigenvalue weighted by Gasteiger charge is 2.44. The van der Waals surface area contributed by atoms with Crippen LogP contribution in [0.15, 0.2) is 43.0 Å². The third-order valence-electron chi connectivity index (χ3n) is 5.75. The second kappa shape index (κ2) is 9.57. The van der Waals surface area contributed by atoms with Crippen LogP contribution in [0.25, 0.3) is 0 Å². The lowest BCUT2D eigenvalue weighted by Crippen LogP contribution is -2.52. The van der Waals surface area contributed by atoms with Gasteiger partial charge in [0.1, 0.15) is 5.75 Å². The molecule has 1 saturated heterocycles. The van der Waals surface area contributed by atoms with E-state index in [0.29, 0.717) is 6.54 Å². The van der Waals surface area contributed by atoms with E-state index in [4.69, 9.17) is 14.2 Å². The monoisotopic (exact) mass is 386 g/mol. The van der Waals surface area contributed by atoms with Gasteiger partial charge in [0.05, 0.1) is 33.2 Å². The van der Waals surface area contributed by atoms with E-state index in [9.17, 15) is 0 Å². The molecule has 0 atom stereocenters. The number of aryl methyl sites for hydroxylation is 1. The molecule has 1 aromatic heterocycles. The molecule has 0 saturated carbocycles. The summed E-state index contributed by atoms with van der Waals surface area (Å²) in [6.07, 6.45) is 11.9. The molecular formula is C23H34N2O3. The number of nitrogens with zero attached hydrogens (tertiary/aromatic N) is 2. The van der Waals surface area contributed by atoms with Gasteiger partial charge in [-0.15, -0.1) is 0 Å². The van der Waals surface area contributed by atoms with Crippen LogP contribution in [0.4, 0.5) is 0 Å². The van der Waals surface area contributed by atoms with Crippen LogP contribution in [0.2, 0.25) is 0 Å². The minimum absolute atomic E-state index is 0.151. The highest BCUT2D eigenvalue weighted by molar-refractivity contribution is 5.28. The first-order valence-electron chi connectivity index (χ1n) is 10.5. The molecular weight excluding hydrogens is 352 g/mol. The fourth-order valence-corrected chi connectivity index (χ4v) is 4.26. The SMILES string of the molecule is CCCC1(CCC)COC(CCc2cccc(OC)c2)(Cn2ccnc2)OC1. The van der Waals surface area contributed by atoms with Crippen LogP contribution in [0.5, 0.6) is 5.75 Å². The maximum Gasteiger partial charge on any atom is 0.186 e. The van der Waals surface area contributed by atoms with E-state index in [-0.39, 0.29) is 5.41 Å². The first-order chi connectivity index (χ1) is 13.6. The summed E-state index contributed by atoms with van der Waals surface area (Å²) in [5.74, 6) is 0.269. The van der Waals surface area contributed by atoms with Crippen molar-refractivity contribution >= 4 is 0 Å². The lowest BCUT2D eigenvalue weighted by Gasteiger charge is -2.47. The summed E-state index contributed by atoms with van der Waals surface area (Å²) >= 11 is 0. The standard InChI is InChI=1S/C23H34N2O3/c1-4-10-22(11-5-2)17-27-23(28-18-22,16-25-14-13-24-19-25)12-9-20-7-6-8-21(15-20)26-3/h6-8,13-15,19H,4-5,9-12,16-18H2,1-3H3. The average Bonchev–Trinajstić information content (AvgIpc) is 3.22. The molecule has 2 heterocycles. The van der Waals surface area contributed by atoms with E-state index in [1.54, 1.807) is 13.3 Å². The minimum Gasteiger partial charge on any atom is -0.497 e. The van der Waals surface area contributed by atoms with Gasteiger partial charge in [-0.1, -0.05) is 38.8 Å². The van der Waals surface area contributed by atoms with E-state index in [2.05, 4.69) is 35.5 Å². The van der Waals surface area contributed by atoms with Gasteiger partial charge in [0.2, 0.25) is 0 Å². The van der Waals surface area contributed by atoms with E-state index in [1.165, 1.54) is 5.56 Å². The van der Waals surface area contributed by atoms with Gasteiger partial charge < -0.3 is 18.8 Å². The Morgan fingerprint density at radius 2 is 1.86 bits per heavy atom. The smallest absolute Gasteiger partial charge is 0.186 e. The fourth-order valence-electron chi connectivity index (χ4n) is 4.26. The van der Waals surface area contributed by atoms with Crippen molar-refractivity contribution in [1.29, 1.82) is 0 Å². The van der Waals surface area contributed by atoms with Gasteiger partial charge in [0.25, 0.3) is 0 Å². The summed E-state index contributed by atoms with van der Waals surface area (Å²) in [4.78, 5) is 4.18. The Labute approximate surface area is 169 Å². The van der Waals surface area contributed by atoms with E-state index in [1.807, 2.05) is 24.7 Å². The minimum atomic E-state index is -0.616. The molecule has 0 radical (unpaired) electrons. The van der Waals surface area contributed by atoms with Crippen molar-refractivity contribution in [3.05, 3.63) is 48.5 Å². The lowest BCUT2D eigenvalue weighted by molar-refractivity contribution is -0.314. The maximum atomic E-state index is 6.54. The lowest BCUT2D eigenvalue weighted by atomic mass is 9.79. The predicted octanol–water partition coefficient (Wildman–Crippen LogP) is 4.85. The quantitative estimate of drug-likeness (QED) is 0.585. The van der Waals surface area contributed by atoms with Crippen molar-refractivity contribution in [3.8, 4) is 5.75 Å². The summed E-state index contributed by atoms with van der Waals surface area (Å²) in [5.41, 5.74) is 1.38. The van der Waals surface area contributed by atoms with Crippen LogP contribution in [-0.2, 0) is 22.4 Å². The van der Waals surface area contributed by atoms with Gasteiger partial charge in [-0.3, -0.25) is 0 Å². The van der Waals surface area contributed by atoms with Gasteiger partial charge in [0.15, 0.2) is 5.79 Å². The zero-order valence-electron chi connectivity index (χ0n) is 17.5. The average molecular weight is 387 g/mol. The van der Waals surface area contributed by atoms with E-state index >= 15 is 0 Å². The highest BCUT2D eigenvalue weighted by Crippen LogP contribution is 2.40. The molecule has 2 aromatic rings. The number of hydrogen-bond acceptors (Lipinski definition) is 4. The molecule has 0 unspecified atom stereocenters. The molecule has 0 spiro atoms. The number of aromatic nitrogens is 2. The highest BCUT2D eigenvalue weighted by atomic mass is 16.7. The third kappa shape index (κ3) is 5.15. The first kappa shape index (κ1) is 20.9. The Kier molecular flexibility index (Phi) is 7.13. The molecule has 5 heteroatoms. The van der Waals surface area contributed by atoms with Crippen molar-refractivity contribution in [1.82, 2.24) is 9.55 Å². The van der Waals surface area contributed by atoms with E-state index in [0.717, 1.165) is 57.5 Å². The Morgan fingerprint density at radius 3 is 2.46 bits per heavy atom. The summed E-state index contributed by atoms with van der Waals surface area (Å²) in [5, 5.41) is 0. The zero-order valence-corrected chi connectivity index (χ0v) is 17.5. The number of hydrogen-bond donors (Lipinski definition) is 0. The summed E-state index contributed by atoms with van der Waals surface area (Å²) in [6, 6.07) is 8.23. The number of rotatable bonds is 10. The topological polar surface area (TPSA) is 45.5 Å². The van der Waals surface area contributed by atoms with Crippen molar-refractivity contribution in [2.24, 2.45) is 5.41 Å². The zero-order chi connectivity index (χ0) is 19.9. The summed E-state index contributed by atoms with van der Waals surface area (Å²) in [7, 11) is 1.70. The van der Waals surface area contributed by atoms with Gasteiger partial charge >= 0.3 is 0 Å². The van der Waals surface area contributed by atoms with Crippen molar-refractivity contribution in [2.45, 2.75) is 64.7 Å². The van der Waals surface area contributed by atoms with Gasteiger partial charge in [-0.05, 0) is 37.0 Å². The molecule has 1 aliphatic rings. The number of benzene rings is 1. The molecule has 1 aliphatic heterocycles. The predicted molar refractivity (Wildman–Crippen MR) is 110 cm³/mol. The normalized spacial score (nSPS) is 18.1. The van der Waals surface area contributed by atoms with Crippen molar-refractivity contribution < 1.29 is 14.2 Å². The number of ether oxygens (including phenoxy) is 3. The molecule has 3 rings (SSSR count). The molecule has 5 nitrogen and oxygen atoms in total. The molecule has 0 bridgehead atoms. The molecule has 1 fully saturated rings. The van der Waals surface area contributed by atoms with Crippen LogP contribution in [-0.4, -0.2) is 35.7 Å². The summed E-state index contributed by atoms with van der Waals surface area (Å²) < 4.78 is 20.5. The van der Waals surface area contributed by atoms with Crippen LogP contribution >= 0.6 is 0 Å². The molecule has 1 aromatic carbocycles. The number of imidazole rings is 1. The maximum absolute atomic E-state index is 6.54. The molecule has 28 heavy (non-hydrogen) atoms. The van der Waals surface area contributed by atoms with Gasteiger partial charge in [0, 0.05) is 24.2 Å².